The van der Waals surface area contributed by atoms with Crippen LogP contribution in [0.15, 0.2) is 53.4 Å². The summed E-state index contributed by atoms with van der Waals surface area (Å²) in [5.74, 6) is -0.254. The summed E-state index contributed by atoms with van der Waals surface area (Å²) in [7, 11) is 0. The minimum absolute atomic E-state index is 0. The summed E-state index contributed by atoms with van der Waals surface area (Å²) in [4.78, 5) is 1.12. The molecule has 0 spiro atoms. The number of halogens is 4. The van der Waals surface area contributed by atoms with Gasteiger partial charge in [0.1, 0.15) is 5.75 Å². The van der Waals surface area contributed by atoms with Gasteiger partial charge in [-0.1, -0.05) is 24.3 Å². The predicted octanol–water partition coefficient (Wildman–Crippen LogP) is 4.78. The Morgan fingerprint density at radius 3 is 1.82 bits per heavy atom. The smallest absolute Gasteiger partial charge is 0.406 e. The first-order chi connectivity index (χ1) is 9.89. The van der Waals surface area contributed by atoms with E-state index in [4.69, 9.17) is 5.73 Å². The molecule has 0 aliphatic heterocycles. The first-order valence-electron chi connectivity index (χ1n) is 6.14. The minimum Gasteiger partial charge on any atom is -0.406 e. The monoisotopic (exact) mass is 349 g/mol. The molecule has 7 heteroatoms. The van der Waals surface area contributed by atoms with Crippen LogP contribution < -0.4 is 10.5 Å². The maximum Gasteiger partial charge on any atom is 0.573 e. The molecule has 0 heterocycles. The highest BCUT2D eigenvalue weighted by Crippen LogP contribution is 2.26. The fourth-order valence-corrected chi connectivity index (χ4v) is 2.29. The third kappa shape index (κ3) is 5.12. The molecular weight excluding hydrogens is 335 g/mol. The fraction of sp³-hybridized carbons (Fsp3) is 0.200. The minimum atomic E-state index is -4.68. The molecule has 0 radical (unpaired) electrons. The Labute approximate surface area is 137 Å². The zero-order valence-corrected chi connectivity index (χ0v) is 13.3. The average molecular weight is 350 g/mol. The van der Waals surface area contributed by atoms with Gasteiger partial charge in [-0.2, -0.15) is 0 Å². The van der Waals surface area contributed by atoms with Crippen LogP contribution in [0.2, 0.25) is 0 Å². The second kappa shape index (κ2) is 7.76. The van der Waals surface area contributed by atoms with Gasteiger partial charge in [0.25, 0.3) is 0 Å². The van der Waals surface area contributed by atoms with Gasteiger partial charge in [0.15, 0.2) is 0 Å². The molecule has 2 nitrogen and oxygen atoms in total. The Morgan fingerprint density at radius 1 is 0.955 bits per heavy atom. The van der Waals surface area contributed by atoms with E-state index in [0.29, 0.717) is 0 Å². The first-order valence-corrected chi connectivity index (χ1v) is 7.37. The van der Waals surface area contributed by atoms with Crippen molar-refractivity contribution in [2.24, 2.45) is 5.73 Å². The second-order valence-corrected chi connectivity index (χ2v) is 5.25. The van der Waals surface area contributed by atoms with Crippen molar-refractivity contribution < 1.29 is 17.9 Å². The van der Waals surface area contributed by atoms with Gasteiger partial charge in [-0.15, -0.1) is 37.3 Å². The summed E-state index contributed by atoms with van der Waals surface area (Å²) in [5.41, 5.74) is 7.74. The van der Waals surface area contributed by atoms with Gasteiger partial charge in [-0.3, -0.25) is 0 Å². The van der Waals surface area contributed by atoms with Crippen LogP contribution in [0.25, 0.3) is 0 Å². The number of benzene rings is 2. The van der Waals surface area contributed by atoms with E-state index in [1.54, 1.807) is 11.8 Å². The molecule has 2 N–H and O–H groups in total. The average Bonchev–Trinajstić information content (AvgIpc) is 2.46. The lowest BCUT2D eigenvalue weighted by molar-refractivity contribution is -0.274. The summed E-state index contributed by atoms with van der Waals surface area (Å²) in [6.45, 7) is 0. The topological polar surface area (TPSA) is 35.2 Å². The summed E-state index contributed by atoms with van der Waals surface area (Å²) in [6.07, 6.45) is -2.70. The first kappa shape index (κ1) is 18.7. The number of nitrogens with two attached hydrogens (primary N) is 1. The number of rotatable bonds is 4. The Hall–Kier alpha value is -1.37. The SMILES string of the molecule is CSc1ccc([C@@H](N)c2ccc(OC(F)(F)F)cc2)cc1.Cl. The number of hydrogen-bond donors (Lipinski definition) is 1. The summed E-state index contributed by atoms with van der Waals surface area (Å²) < 4.78 is 40.1. The highest BCUT2D eigenvalue weighted by Gasteiger charge is 2.31. The van der Waals surface area contributed by atoms with Crippen LogP contribution in [-0.2, 0) is 0 Å². The molecule has 0 amide bonds. The Kier molecular flexibility index (Phi) is 6.59. The second-order valence-electron chi connectivity index (χ2n) is 4.37. The lowest BCUT2D eigenvalue weighted by Crippen LogP contribution is -2.17. The molecule has 2 rings (SSSR count). The zero-order valence-electron chi connectivity index (χ0n) is 11.6. The molecule has 120 valence electrons. The van der Waals surface area contributed by atoms with Gasteiger partial charge >= 0.3 is 6.36 Å². The molecule has 0 unspecified atom stereocenters. The maximum atomic E-state index is 12.1. The summed E-state index contributed by atoms with van der Waals surface area (Å²) >= 11 is 1.63. The van der Waals surface area contributed by atoms with E-state index in [2.05, 4.69) is 4.74 Å². The van der Waals surface area contributed by atoms with E-state index >= 15 is 0 Å². The lowest BCUT2D eigenvalue weighted by Gasteiger charge is -2.14. The maximum absolute atomic E-state index is 12.1. The Morgan fingerprint density at radius 2 is 1.41 bits per heavy atom. The van der Waals surface area contributed by atoms with Gasteiger partial charge in [-0.25, -0.2) is 0 Å². The highest BCUT2D eigenvalue weighted by atomic mass is 35.5. The van der Waals surface area contributed by atoms with Crippen LogP contribution in [0, 0.1) is 0 Å². The van der Waals surface area contributed by atoms with Crippen LogP contribution >= 0.6 is 24.2 Å². The van der Waals surface area contributed by atoms with Crippen LogP contribution in [0.5, 0.6) is 5.75 Å². The van der Waals surface area contributed by atoms with Crippen molar-refractivity contribution in [3.05, 3.63) is 59.7 Å². The molecule has 0 aliphatic rings. The zero-order chi connectivity index (χ0) is 15.5. The van der Waals surface area contributed by atoms with Crippen molar-refractivity contribution in [1.29, 1.82) is 0 Å². The number of thioether (sulfide) groups is 1. The van der Waals surface area contributed by atoms with E-state index in [1.165, 1.54) is 24.3 Å². The Balaban J connectivity index is 0.00000242. The Bertz CT molecular complexity index is 587. The van der Waals surface area contributed by atoms with Crippen LogP contribution in [0.3, 0.4) is 0 Å². The van der Waals surface area contributed by atoms with Gasteiger partial charge in [0.05, 0.1) is 6.04 Å². The largest absolute Gasteiger partial charge is 0.573 e. The van der Waals surface area contributed by atoms with Crippen molar-refractivity contribution in [3.63, 3.8) is 0 Å². The van der Waals surface area contributed by atoms with Crippen molar-refractivity contribution >= 4 is 24.2 Å². The predicted molar refractivity (Wildman–Crippen MR) is 84.6 cm³/mol. The quantitative estimate of drug-likeness (QED) is 0.807. The van der Waals surface area contributed by atoms with Crippen molar-refractivity contribution in [2.75, 3.05) is 6.26 Å². The number of ether oxygens (including phenoxy) is 1. The number of alkyl halides is 3. The molecular formula is C15H15ClF3NOS. The normalized spacial score (nSPS) is 12.4. The molecule has 22 heavy (non-hydrogen) atoms. The molecule has 0 fully saturated rings. The molecule has 0 saturated heterocycles. The van der Waals surface area contributed by atoms with Crippen LogP contribution in [0.4, 0.5) is 13.2 Å². The van der Waals surface area contributed by atoms with Crippen molar-refractivity contribution in [2.45, 2.75) is 17.3 Å². The van der Waals surface area contributed by atoms with E-state index in [-0.39, 0.29) is 24.2 Å². The van der Waals surface area contributed by atoms with Crippen LogP contribution in [0.1, 0.15) is 17.2 Å². The number of hydrogen-bond acceptors (Lipinski definition) is 3. The van der Waals surface area contributed by atoms with E-state index in [0.717, 1.165) is 16.0 Å². The highest BCUT2D eigenvalue weighted by molar-refractivity contribution is 7.98. The molecule has 2 aromatic carbocycles. The standard InChI is InChI=1S/C15H14F3NOS.ClH/c1-21-13-8-4-11(5-9-13)14(19)10-2-6-12(7-3-10)20-15(16,17)18;/h2-9,14H,19H2,1H3;1H/t14-;/m0./s1. The third-order valence-electron chi connectivity index (χ3n) is 2.95. The van der Waals surface area contributed by atoms with Crippen LogP contribution in [-0.4, -0.2) is 12.6 Å². The molecule has 2 aromatic rings. The fourth-order valence-electron chi connectivity index (χ4n) is 1.88. The van der Waals surface area contributed by atoms with E-state index in [1.807, 2.05) is 30.5 Å². The summed E-state index contributed by atoms with van der Waals surface area (Å²) in [5, 5.41) is 0. The van der Waals surface area contributed by atoms with Gasteiger partial charge in [0, 0.05) is 4.90 Å². The molecule has 0 saturated carbocycles. The van der Waals surface area contributed by atoms with E-state index in [9.17, 15) is 13.2 Å². The molecule has 0 aromatic heterocycles. The van der Waals surface area contributed by atoms with Gasteiger partial charge < -0.3 is 10.5 Å². The van der Waals surface area contributed by atoms with E-state index < -0.39 is 6.36 Å². The summed E-state index contributed by atoms with van der Waals surface area (Å²) in [6, 6.07) is 13.0. The van der Waals surface area contributed by atoms with Crippen molar-refractivity contribution in [3.8, 4) is 5.75 Å². The molecule has 1 atom stereocenters. The van der Waals surface area contributed by atoms with Gasteiger partial charge in [0.2, 0.25) is 0 Å². The van der Waals surface area contributed by atoms with Gasteiger partial charge in [-0.05, 0) is 41.6 Å². The lowest BCUT2D eigenvalue weighted by atomic mass is 10.00. The molecule has 0 bridgehead atoms. The molecule has 0 aliphatic carbocycles. The third-order valence-corrected chi connectivity index (χ3v) is 3.69. The van der Waals surface area contributed by atoms with Crippen molar-refractivity contribution in [1.82, 2.24) is 0 Å².